The number of methoxy groups -OCH3 is 1. The van der Waals surface area contributed by atoms with Gasteiger partial charge in [-0.1, -0.05) is 13.8 Å². The molecular weight excluding hydrogens is 228 g/mol. The summed E-state index contributed by atoms with van der Waals surface area (Å²) in [4.78, 5) is 10.6. The minimum absolute atomic E-state index is 0.407. The van der Waals surface area contributed by atoms with Crippen molar-refractivity contribution in [3.05, 3.63) is 6.33 Å². The number of anilines is 2. The molecule has 1 aromatic heterocycles. The van der Waals surface area contributed by atoms with Crippen LogP contribution in [0.2, 0.25) is 0 Å². The SMILES string of the molecule is CCC1(CC)CCN(c2ncnc(N)c2OC)C1. The summed E-state index contributed by atoms with van der Waals surface area (Å²) in [5.74, 6) is 1.84. The van der Waals surface area contributed by atoms with Gasteiger partial charge in [-0.15, -0.1) is 0 Å². The Kier molecular flexibility index (Phi) is 3.59. The normalized spacial score (nSPS) is 18.1. The number of aromatic nitrogens is 2. The lowest BCUT2D eigenvalue weighted by molar-refractivity contribution is 0.301. The van der Waals surface area contributed by atoms with Gasteiger partial charge >= 0.3 is 0 Å². The summed E-state index contributed by atoms with van der Waals surface area (Å²) in [6, 6.07) is 0. The molecule has 5 nitrogen and oxygen atoms in total. The molecule has 1 aromatic rings. The minimum atomic E-state index is 0.407. The Morgan fingerprint density at radius 2 is 2.11 bits per heavy atom. The van der Waals surface area contributed by atoms with Crippen LogP contribution in [0.25, 0.3) is 0 Å². The maximum atomic E-state index is 5.83. The predicted molar refractivity (Wildman–Crippen MR) is 72.8 cm³/mol. The Hall–Kier alpha value is -1.52. The van der Waals surface area contributed by atoms with Gasteiger partial charge in [-0.25, -0.2) is 9.97 Å². The molecule has 0 radical (unpaired) electrons. The third-order valence-corrected chi connectivity index (χ3v) is 4.25. The van der Waals surface area contributed by atoms with Crippen LogP contribution in [0, 0.1) is 5.41 Å². The average Bonchev–Trinajstić information content (AvgIpc) is 2.83. The van der Waals surface area contributed by atoms with E-state index in [-0.39, 0.29) is 0 Å². The van der Waals surface area contributed by atoms with E-state index in [1.807, 2.05) is 0 Å². The quantitative estimate of drug-likeness (QED) is 0.886. The van der Waals surface area contributed by atoms with E-state index >= 15 is 0 Å². The lowest BCUT2D eigenvalue weighted by Crippen LogP contribution is -2.27. The van der Waals surface area contributed by atoms with E-state index in [2.05, 4.69) is 28.7 Å². The van der Waals surface area contributed by atoms with Crippen molar-refractivity contribution in [2.45, 2.75) is 33.1 Å². The standard InChI is InChI=1S/C13H22N4O/c1-4-13(5-2)6-7-17(8-13)12-10(18-3)11(14)15-9-16-12/h9H,4-8H2,1-3H3,(H2,14,15,16). The van der Waals surface area contributed by atoms with Crippen LogP contribution >= 0.6 is 0 Å². The summed E-state index contributed by atoms with van der Waals surface area (Å²) >= 11 is 0. The minimum Gasteiger partial charge on any atom is -0.490 e. The first-order valence-electron chi connectivity index (χ1n) is 6.55. The highest BCUT2D eigenvalue weighted by Gasteiger charge is 2.36. The number of ether oxygens (including phenoxy) is 1. The van der Waals surface area contributed by atoms with E-state index in [0.29, 0.717) is 17.0 Å². The van der Waals surface area contributed by atoms with Crippen LogP contribution in [0.5, 0.6) is 5.75 Å². The van der Waals surface area contributed by atoms with Crippen molar-refractivity contribution in [2.75, 3.05) is 30.8 Å². The van der Waals surface area contributed by atoms with Gasteiger partial charge in [0.05, 0.1) is 7.11 Å². The van der Waals surface area contributed by atoms with Crippen LogP contribution in [0.4, 0.5) is 11.6 Å². The zero-order chi connectivity index (χ0) is 13.2. The molecule has 2 N–H and O–H groups in total. The fourth-order valence-corrected chi connectivity index (χ4v) is 2.74. The fraction of sp³-hybridized carbons (Fsp3) is 0.692. The van der Waals surface area contributed by atoms with Gasteiger partial charge < -0.3 is 15.4 Å². The number of nitrogen functional groups attached to an aromatic ring is 1. The van der Waals surface area contributed by atoms with Crippen LogP contribution < -0.4 is 15.4 Å². The molecule has 2 heterocycles. The van der Waals surface area contributed by atoms with Crippen LogP contribution in [-0.4, -0.2) is 30.2 Å². The molecule has 0 aliphatic carbocycles. The van der Waals surface area contributed by atoms with Crippen molar-refractivity contribution in [3.8, 4) is 5.75 Å². The van der Waals surface area contributed by atoms with Gasteiger partial charge in [0.15, 0.2) is 11.6 Å². The Morgan fingerprint density at radius 3 is 2.67 bits per heavy atom. The zero-order valence-corrected chi connectivity index (χ0v) is 11.4. The van der Waals surface area contributed by atoms with E-state index in [0.717, 1.165) is 18.9 Å². The van der Waals surface area contributed by atoms with Crippen molar-refractivity contribution in [2.24, 2.45) is 5.41 Å². The second kappa shape index (κ2) is 5.00. The molecule has 18 heavy (non-hydrogen) atoms. The largest absolute Gasteiger partial charge is 0.490 e. The molecule has 0 saturated carbocycles. The predicted octanol–water partition coefficient (Wildman–Crippen LogP) is 2.08. The van der Waals surface area contributed by atoms with E-state index in [9.17, 15) is 0 Å². The van der Waals surface area contributed by atoms with E-state index in [1.165, 1.54) is 25.6 Å². The summed E-state index contributed by atoms with van der Waals surface area (Å²) in [6.07, 6.45) is 5.10. The summed E-state index contributed by atoms with van der Waals surface area (Å²) in [6.45, 7) is 6.55. The fourth-order valence-electron chi connectivity index (χ4n) is 2.74. The molecule has 100 valence electrons. The number of rotatable bonds is 4. The van der Waals surface area contributed by atoms with Gasteiger partial charge in [0.1, 0.15) is 6.33 Å². The second-order valence-corrected chi connectivity index (χ2v) is 4.99. The highest BCUT2D eigenvalue weighted by Crippen LogP contribution is 2.41. The highest BCUT2D eigenvalue weighted by molar-refractivity contribution is 5.63. The molecule has 0 spiro atoms. The molecule has 1 aliphatic heterocycles. The Morgan fingerprint density at radius 1 is 1.39 bits per heavy atom. The van der Waals surface area contributed by atoms with Crippen LogP contribution in [0.1, 0.15) is 33.1 Å². The average molecular weight is 250 g/mol. The lowest BCUT2D eigenvalue weighted by atomic mass is 9.82. The molecule has 0 atom stereocenters. The van der Waals surface area contributed by atoms with Gasteiger partial charge in [0, 0.05) is 13.1 Å². The first-order chi connectivity index (χ1) is 8.65. The van der Waals surface area contributed by atoms with Crippen LogP contribution in [-0.2, 0) is 0 Å². The summed E-state index contributed by atoms with van der Waals surface area (Å²) in [5.41, 5.74) is 6.24. The number of hydrogen-bond donors (Lipinski definition) is 1. The lowest BCUT2D eigenvalue weighted by Gasteiger charge is -2.27. The zero-order valence-electron chi connectivity index (χ0n) is 11.4. The topological polar surface area (TPSA) is 64.3 Å². The maximum Gasteiger partial charge on any atom is 0.204 e. The van der Waals surface area contributed by atoms with Crippen molar-refractivity contribution in [1.82, 2.24) is 9.97 Å². The maximum absolute atomic E-state index is 5.83. The highest BCUT2D eigenvalue weighted by atomic mass is 16.5. The molecule has 1 fully saturated rings. The van der Waals surface area contributed by atoms with E-state index in [1.54, 1.807) is 7.11 Å². The molecule has 0 unspecified atom stereocenters. The Bertz CT molecular complexity index is 417. The smallest absolute Gasteiger partial charge is 0.204 e. The van der Waals surface area contributed by atoms with E-state index in [4.69, 9.17) is 10.5 Å². The van der Waals surface area contributed by atoms with Crippen molar-refractivity contribution in [1.29, 1.82) is 0 Å². The first kappa shape index (κ1) is 12.9. The Balaban J connectivity index is 2.27. The number of hydrogen-bond acceptors (Lipinski definition) is 5. The molecule has 0 bridgehead atoms. The van der Waals surface area contributed by atoms with Gasteiger partial charge in [-0.2, -0.15) is 0 Å². The molecule has 1 aliphatic rings. The van der Waals surface area contributed by atoms with Crippen molar-refractivity contribution < 1.29 is 4.74 Å². The van der Waals surface area contributed by atoms with Crippen molar-refractivity contribution >= 4 is 11.6 Å². The molecule has 2 rings (SSSR count). The summed E-state index contributed by atoms with van der Waals surface area (Å²) in [5, 5.41) is 0. The summed E-state index contributed by atoms with van der Waals surface area (Å²) < 4.78 is 5.33. The third-order valence-electron chi connectivity index (χ3n) is 4.25. The van der Waals surface area contributed by atoms with E-state index < -0.39 is 0 Å². The van der Waals surface area contributed by atoms with Gasteiger partial charge in [0.2, 0.25) is 5.75 Å². The monoisotopic (exact) mass is 250 g/mol. The van der Waals surface area contributed by atoms with Gasteiger partial charge in [-0.05, 0) is 24.7 Å². The van der Waals surface area contributed by atoms with Crippen molar-refractivity contribution in [3.63, 3.8) is 0 Å². The third kappa shape index (κ3) is 2.09. The molecule has 0 aromatic carbocycles. The molecule has 0 amide bonds. The summed E-state index contributed by atoms with van der Waals surface area (Å²) in [7, 11) is 1.61. The first-order valence-corrected chi connectivity index (χ1v) is 6.55. The van der Waals surface area contributed by atoms with Gasteiger partial charge in [0.25, 0.3) is 0 Å². The Labute approximate surface area is 108 Å². The van der Waals surface area contributed by atoms with Crippen LogP contribution in [0.3, 0.4) is 0 Å². The number of nitrogens with two attached hydrogens (primary N) is 1. The van der Waals surface area contributed by atoms with Gasteiger partial charge in [-0.3, -0.25) is 0 Å². The van der Waals surface area contributed by atoms with Crippen LogP contribution in [0.15, 0.2) is 6.33 Å². The molecule has 1 saturated heterocycles. The number of nitrogens with zero attached hydrogens (tertiary/aromatic N) is 3. The molecule has 5 heteroatoms. The second-order valence-electron chi connectivity index (χ2n) is 4.99. The molecular formula is C13H22N4O.